The van der Waals surface area contributed by atoms with E-state index in [2.05, 4.69) is 62.1 Å². The normalized spacial score (nSPS) is 12.8. The first-order valence-corrected chi connectivity index (χ1v) is 38.5. The number of para-hydroxylation sites is 3. The van der Waals surface area contributed by atoms with Crippen LogP contribution in [-0.2, 0) is 91.3 Å². The Morgan fingerprint density at radius 3 is 1.14 bits per heavy atom. The first-order chi connectivity index (χ1) is 54.2. The van der Waals surface area contributed by atoms with E-state index in [0.717, 1.165) is 55.8 Å². The third-order valence-electron chi connectivity index (χ3n) is 19.3. The summed E-state index contributed by atoms with van der Waals surface area (Å²) in [5.41, 5.74) is 7.59. The minimum absolute atomic E-state index is 0.00861. The lowest BCUT2D eigenvalue weighted by atomic mass is 9.83. The van der Waals surface area contributed by atoms with Crippen molar-refractivity contribution in [2.45, 2.75) is 155 Å². The van der Waals surface area contributed by atoms with Crippen LogP contribution in [0.5, 0.6) is 0 Å². The molecule has 0 saturated carbocycles. The highest BCUT2D eigenvalue weighted by Crippen LogP contribution is 2.31. The second-order valence-corrected chi connectivity index (χ2v) is 28.7. The molecule has 3 heterocycles. The minimum Gasteiger partial charge on any atom is -0.463 e. The zero-order valence-corrected chi connectivity index (χ0v) is 64.2. The van der Waals surface area contributed by atoms with Gasteiger partial charge in [-0.2, -0.15) is 0 Å². The molecular weight excluding hydrogens is 1420 g/mol. The number of esters is 1. The van der Waals surface area contributed by atoms with Crippen LogP contribution in [-0.4, -0.2) is 143 Å². The number of nitrogens with one attached hydrogen (secondary N) is 5. The standard InChI is InChI=1S/C89H100N8O15/c1-88(2,3)78(99)31-17-32-83(104)94-89(48-40-79(100)92-53-58-109-55-45-74(98)27-16-33-84(105)95-62-71-24-7-4-18-65(71)34-37-68-21-10-13-28-75(68)95,49-41-80(101)93-54-59-110-56-46-81(102)90-51-43-85(106)96-63-72-25-8-5-19-66(72)35-38-69-22-11-14-29-76(69)96)50-42-87(108)112-61-60-111-57-47-82(103)91-52-44-86(107)97-64-73-26-9-6-20-67(73)36-39-70-23-12-15-30-77(70)97/h4-15,18-26,28-30H,16-17,27,31-33,40-64H2,1-3H3,(H,90,102)(H,91,103)(H,92,100)(H,93,101)(H,94,104). The fourth-order valence-electron chi connectivity index (χ4n) is 12.9. The second kappa shape index (κ2) is 43.7. The maximum Gasteiger partial charge on any atom is 0.305 e. The van der Waals surface area contributed by atoms with Crippen LogP contribution >= 0.6 is 0 Å². The van der Waals surface area contributed by atoms with Crippen molar-refractivity contribution in [2.24, 2.45) is 5.41 Å². The molecule has 0 bridgehead atoms. The van der Waals surface area contributed by atoms with E-state index in [1.807, 2.05) is 146 Å². The Hall–Kier alpha value is -11.6. The van der Waals surface area contributed by atoms with E-state index in [4.69, 9.17) is 18.9 Å². The van der Waals surface area contributed by atoms with Crippen LogP contribution in [0.25, 0.3) is 0 Å². The van der Waals surface area contributed by atoms with Crippen molar-refractivity contribution in [2.75, 3.05) is 87.1 Å². The highest BCUT2D eigenvalue weighted by Gasteiger charge is 2.35. The molecule has 586 valence electrons. The number of ketones is 2. The number of Topliss-reactive ketones (excluding diaryl/α,β-unsaturated/α-hetero) is 2. The Labute approximate surface area is 655 Å². The second-order valence-electron chi connectivity index (χ2n) is 28.7. The Morgan fingerprint density at radius 2 is 0.696 bits per heavy atom. The van der Waals surface area contributed by atoms with Gasteiger partial charge < -0.3 is 60.2 Å². The highest BCUT2D eigenvalue weighted by atomic mass is 16.6. The third-order valence-corrected chi connectivity index (χ3v) is 19.3. The molecule has 1 atom stereocenters. The predicted octanol–water partition coefficient (Wildman–Crippen LogP) is 9.56. The quantitative estimate of drug-likeness (QED) is 0.0135. The van der Waals surface area contributed by atoms with Crippen molar-refractivity contribution in [3.8, 4) is 35.5 Å². The van der Waals surface area contributed by atoms with E-state index in [1.165, 1.54) is 0 Å². The number of anilines is 3. The number of amides is 8. The number of rotatable bonds is 42. The van der Waals surface area contributed by atoms with Crippen LogP contribution in [0.4, 0.5) is 17.1 Å². The van der Waals surface area contributed by atoms with E-state index in [-0.39, 0.29) is 216 Å². The molecule has 0 spiro atoms. The number of carbonyl (C=O) groups is 11. The van der Waals surface area contributed by atoms with Crippen LogP contribution < -0.4 is 41.3 Å². The Morgan fingerprint density at radius 1 is 0.339 bits per heavy atom. The molecule has 9 rings (SSSR count). The average molecular weight is 1520 g/mol. The lowest BCUT2D eigenvalue weighted by molar-refractivity contribution is -0.146. The molecule has 3 aliphatic rings. The van der Waals surface area contributed by atoms with Gasteiger partial charge in [-0.05, 0) is 103 Å². The van der Waals surface area contributed by atoms with Gasteiger partial charge in [-0.15, -0.1) is 0 Å². The van der Waals surface area contributed by atoms with Crippen LogP contribution in [0.15, 0.2) is 146 Å². The number of benzene rings is 6. The first-order valence-electron chi connectivity index (χ1n) is 38.5. The Kier molecular flexibility index (Phi) is 33.0. The van der Waals surface area contributed by atoms with Gasteiger partial charge in [0.1, 0.15) is 18.2 Å². The molecule has 5 N–H and O–H groups in total. The smallest absolute Gasteiger partial charge is 0.305 e. The monoisotopic (exact) mass is 1520 g/mol. The van der Waals surface area contributed by atoms with E-state index < -0.39 is 34.6 Å². The first kappa shape index (κ1) is 84.5. The lowest BCUT2D eigenvalue weighted by Gasteiger charge is -2.35. The van der Waals surface area contributed by atoms with Gasteiger partial charge in [-0.3, -0.25) is 52.7 Å². The van der Waals surface area contributed by atoms with Gasteiger partial charge in [-0.1, -0.05) is 147 Å². The van der Waals surface area contributed by atoms with Gasteiger partial charge >= 0.3 is 5.97 Å². The highest BCUT2D eigenvalue weighted by molar-refractivity contribution is 5.98. The van der Waals surface area contributed by atoms with Crippen LogP contribution in [0.3, 0.4) is 0 Å². The summed E-state index contributed by atoms with van der Waals surface area (Å²) in [7, 11) is 0. The number of ether oxygens (including phenoxy) is 4. The van der Waals surface area contributed by atoms with Gasteiger partial charge in [0, 0.05) is 148 Å². The van der Waals surface area contributed by atoms with Gasteiger partial charge in [0.05, 0.1) is 76.3 Å². The minimum atomic E-state index is -1.34. The van der Waals surface area contributed by atoms with Crippen molar-refractivity contribution < 1.29 is 71.7 Å². The molecule has 23 nitrogen and oxygen atoms in total. The fourth-order valence-corrected chi connectivity index (χ4v) is 12.9. The molecule has 6 aromatic rings. The fraction of sp³-hybridized carbons (Fsp3) is 0.404. The van der Waals surface area contributed by atoms with Crippen molar-refractivity contribution in [1.29, 1.82) is 0 Å². The molecule has 23 heteroatoms. The molecule has 0 fully saturated rings. The summed E-state index contributed by atoms with van der Waals surface area (Å²) in [6.07, 6.45) is 0.383. The van der Waals surface area contributed by atoms with Crippen molar-refractivity contribution >= 4 is 81.9 Å². The molecule has 112 heavy (non-hydrogen) atoms. The number of nitrogens with zero attached hydrogens (tertiary/aromatic N) is 3. The van der Waals surface area contributed by atoms with Gasteiger partial charge in [0.2, 0.25) is 47.3 Å². The number of hydrogen-bond acceptors (Lipinski definition) is 15. The van der Waals surface area contributed by atoms with Crippen LogP contribution in [0.1, 0.15) is 180 Å². The maximum absolute atomic E-state index is 14.0. The van der Waals surface area contributed by atoms with Crippen LogP contribution in [0.2, 0.25) is 0 Å². The summed E-state index contributed by atoms with van der Waals surface area (Å²) in [6, 6.07) is 45.4. The Balaban J connectivity index is 0.734. The van der Waals surface area contributed by atoms with E-state index in [9.17, 15) is 52.7 Å². The van der Waals surface area contributed by atoms with E-state index >= 15 is 0 Å². The van der Waals surface area contributed by atoms with Gasteiger partial charge in [-0.25, -0.2) is 0 Å². The molecule has 0 aromatic heterocycles. The van der Waals surface area contributed by atoms with Crippen molar-refractivity contribution in [3.63, 3.8) is 0 Å². The summed E-state index contributed by atoms with van der Waals surface area (Å²) >= 11 is 0. The molecule has 0 radical (unpaired) electrons. The molecule has 3 aliphatic heterocycles. The van der Waals surface area contributed by atoms with E-state index in [0.29, 0.717) is 37.4 Å². The largest absolute Gasteiger partial charge is 0.463 e. The molecule has 1 unspecified atom stereocenters. The number of fused-ring (bicyclic) bond motifs is 6. The Bertz CT molecular complexity index is 4130. The lowest BCUT2D eigenvalue weighted by Crippen LogP contribution is -2.50. The number of hydrogen-bond donors (Lipinski definition) is 5. The summed E-state index contributed by atoms with van der Waals surface area (Å²) in [5.74, 6) is 16.0. The third kappa shape index (κ3) is 27.2. The van der Waals surface area contributed by atoms with Crippen LogP contribution in [0, 0.1) is 40.9 Å². The SMILES string of the molecule is CC(C)(C)C(=O)CCCC(=O)NC(CCC(=O)NCCOCCC(=O)CCCC(=O)N1Cc2ccccc2C#Cc2ccccc21)(CCC(=O)NCCOCCC(=O)NCCC(=O)N1Cc2ccccc2C#Cc2ccccc21)CCC(=O)OCCOCCC(=O)NCCC(=O)N1Cc2ccccc2C#Cc2ccccc21. The molecule has 8 amide bonds. The van der Waals surface area contributed by atoms with Crippen molar-refractivity contribution in [3.05, 3.63) is 196 Å². The summed E-state index contributed by atoms with van der Waals surface area (Å²) in [6.45, 7) is 6.67. The van der Waals surface area contributed by atoms with Gasteiger partial charge in [0.15, 0.2) is 0 Å². The molecule has 0 saturated heterocycles. The maximum atomic E-state index is 14.0. The van der Waals surface area contributed by atoms with Gasteiger partial charge in [0.25, 0.3) is 0 Å². The zero-order chi connectivity index (χ0) is 79.5. The predicted molar refractivity (Wildman–Crippen MR) is 424 cm³/mol. The van der Waals surface area contributed by atoms with Crippen molar-refractivity contribution in [1.82, 2.24) is 26.6 Å². The summed E-state index contributed by atoms with van der Waals surface area (Å²) in [5, 5.41) is 14.3. The zero-order valence-electron chi connectivity index (χ0n) is 64.2. The molecule has 0 aliphatic carbocycles. The topological polar surface area (TPSA) is 295 Å². The summed E-state index contributed by atoms with van der Waals surface area (Å²) in [4.78, 5) is 153. The molecule has 6 aromatic carbocycles. The molecular formula is C89H100N8O15. The summed E-state index contributed by atoms with van der Waals surface area (Å²) < 4.78 is 22.7. The average Bonchev–Trinajstić information content (AvgIpc) is 0.829. The number of carbonyl (C=O) groups excluding carboxylic acids is 11. The van der Waals surface area contributed by atoms with E-state index in [1.54, 1.807) is 35.5 Å².